The van der Waals surface area contributed by atoms with E-state index >= 15 is 0 Å². The molecule has 0 unspecified atom stereocenters. The van der Waals surface area contributed by atoms with Crippen molar-refractivity contribution < 1.29 is 14.4 Å². The van der Waals surface area contributed by atoms with Crippen LogP contribution in [0.15, 0.2) is 52.9 Å². The summed E-state index contributed by atoms with van der Waals surface area (Å²) in [7, 11) is 0. The molecule has 4 rings (SSSR count). The predicted molar refractivity (Wildman–Crippen MR) is 116 cm³/mol. The molecule has 5 nitrogen and oxygen atoms in total. The first-order chi connectivity index (χ1) is 13.4. The van der Waals surface area contributed by atoms with Crippen LogP contribution >= 0.6 is 35.3 Å². The quantitative estimate of drug-likeness (QED) is 0.368. The molecule has 1 aliphatic rings. The van der Waals surface area contributed by atoms with Crippen molar-refractivity contribution in [2.45, 2.75) is 13.5 Å². The number of thioether (sulfide) groups is 1. The normalized spacial score (nSPS) is 15.8. The Morgan fingerprint density at radius 1 is 1.29 bits per heavy atom. The van der Waals surface area contributed by atoms with E-state index in [1.165, 1.54) is 17.9 Å². The Hall–Kier alpha value is -2.55. The van der Waals surface area contributed by atoms with Crippen LogP contribution < -0.4 is 0 Å². The summed E-state index contributed by atoms with van der Waals surface area (Å²) in [5, 5.41) is 2.60. The van der Waals surface area contributed by atoms with E-state index in [1.54, 1.807) is 35.7 Å². The Balaban J connectivity index is 1.62. The number of Topliss-reactive ketones (excluding diaryl/α,β-unsaturated/α-hetero) is 1. The first-order valence-corrected chi connectivity index (χ1v) is 10.5. The lowest BCUT2D eigenvalue weighted by atomic mass is 10.0. The number of aromatic amines is 1. The number of nitrogens with one attached hydrogen (secondary N) is 1. The highest BCUT2D eigenvalue weighted by atomic mass is 32.2. The number of carbonyl (C=O) groups is 3. The molecular formula is C20H14N2O3S3. The van der Waals surface area contributed by atoms with Crippen LogP contribution in [0.25, 0.3) is 10.9 Å². The summed E-state index contributed by atoms with van der Waals surface area (Å²) in [6.07, 6.45) is 2.93. The smallest absolute Gasteiger partial charge is 0.266 e. The van der Waals surface area contributed by atoms with E-state index in [-0.39, 0.29) is 17.5 Å². The number of carbonyl (C=O) groups excluding carboxylic acids is 3. The van der Waals surface area contributed by atoms with Crippen LogP contribution in [0.3, 0.4) is 0 Å². The van der Waals surface area contributed by atoms with Gasteiger partial charge < -0.3 is 4.98 Å². The van der Waals surface area contributed by atoms with Crippen molar-refractivity contribution in [3.05, 3.63) is 68.9 Å². The van der Waals surface area contributed by atoms with E-state index in [4.69, 9.17) is 12.2 Å². The molecule has 1 fully saturated rings. The van der Waals surface area contributed by atoms with E-state index < -0.39 is 0 Å². The molecule has 1 N–H and O–H groups in total. The third-order valence-electron chi connectivity index (χ3n) is 4.38. The molecule has 0 aliphatic carbocycles. The van der Waals surface area contributed by atoms with Crippen LogP contribution in [0, 0.1) is 0 Å². The summed E-state index contributed by atoms with van der Waals surface area (Å²) >= 11 is 8.00. The maximum Gasteiger partial charge on any atom is 0.266 e. The number of H-pyrrole nitrogens is 1. The van der Waals surface area contributed by atoms with E-state index in [0.29, 0.717) is 32.3 Å². The van der Waals surface area contributed by atoms with Gasteiger partial charge in [-0.15, -0.1) is 11.3 Å². The van der Waals surface area contributed by atoms with Gasteiger partial charge in [-0.05, 0) is 36.6 Å². The summed E-state index contributed by atoms with van der Waals surface area (Å²) in [6.45, 7) is 1.89. The first-order valence-electron chi connectivity index (χ1n) is 8.38. The van der Waals surface area contributed by atoms with Crippen LogP contribution in [0.1, 0.15) is 32.5 Å². The highest BCUT2D eigenvalue weighted by Gasteiger charge is 2.33. The van der Waals surface area contributed by atoms with Gasteiger partial charge in [0.15, 0.2) is 11.6 Å². The molecule has 0 saturated carbocycles. The minimum atomic E-state index is -0.302. The van der Waals surface area contributed by atoms with Gasteiger partial charge in [0.05, 0.1) is 11.4 Å². The van der Waals surface area contributed by atoms with Crippen LogP contribution in [0.4, 0.5) is 0 Å². The number of ketones is 2. The third kappa shape index (κ3) is 3.46. The number of fused-ring (bicyclic) bond motifs is 1. The van der Waals surface area contributed by atoms with E-state index in [2.05, 4.69) is 4.98 Å². The molecule has 1 aliphatic heterocycles. The molecular weight excluding hydrogens is 412 g/mol. The summed E-state index contributed by atoms with van der Waals surface area (Å²) in [5.74, 6) is -0.638. The molecule has 0 atom stereocenters. The topological polar surface area (TPSA) is 70.2 Å². The highest BCUT2D eigenvalue weighted by molar-refractivity contribution is 8.26. The Morgan fingerprint density at radius 3 is 2.82 bits per heavy atom. The lowest BCUT2D eigenvalue weighted by molar-refractivity contribution is -0.122. The third-order valence-corrected chi connectivity index (χ3v) is 6.62. The number of aromatic nitrogens is 1. The van der Waals surface area contributed by atoms with Gasteiger partial charge in [0.1, 0.15) is 4.32 Å². The Labute approximate surface area is 174 Å². The molecule has 3 aromatic rings. The zero-order chi connectivity index (χ0) is 19.8. The molecule has 1 aromatic carbocycles. The summed E-state index contributed by atoms with van der Waals surface area (Å²) < 4.78 is 0.440. The maximum absolute atomic E-state index is 12.8. The molecule has 140 valence electrons. The molecule has 2 aromatic heterocycles. The standard InChI is InChI=1S/C20H14N2O3S3/c1-11(23)12-4-5-16-14(7-12)15(9-21-16)17(24)8-18-19(25)22(20(26)28-18)10-13-3-2-6-27-13/h2-9,21H,10H2,1H3/b18-8-. The monoisotopic (exact) mass is 426 g/mol. The van der Waals surface area contributed by atoms with Crippen molar-refractivity contribution in [3.63, 3.8) is 0 Å². The number of hydrogen-bond donors (Lipinski definition) is 1. The molecule has 3 heterocycles. The number of amides is 1. The highest BCUT2D eigenvalue weighted by Crippen LogP contribution is 2.33. The molecule has 8 heteroatoms. The lowest BCUT2D eigenvalue weighted by Crippen LogP contribution is -2.27. The van der Waals surface area contributed by atoms with Crippen LogP contribution in [-0.4, -0.2) is 31.7 Å². The lowest BCUT2D eigenvalue weighted by Gasteiger charge is -2.12. The maximum atomic E-state index is 12.8. The van der Waals surface area contributed by atoms with Crippen molar-refractivity contribution in [3.8, 4) is 0 Å². The fraction of sp³-hybridized carbons (Fsp3) is 0.100. The molecule has 1 saturated heterocycles. The number of nitrogens with zero attached hydrogens (tertiary/aromatic N) is 1. The SMILES string of the molecule is CC(=O)c1ccc2[nH]cc(C(=O)/C=C3\SC(=S)N(Cc4cccs4)C3=O)c2c1. The van der Waals surface area contributed by atoms with Crippen molar-refractivity contribution in [2.75, 3.05) is 0 Å². The summed E-state index contributed by atoms with van der Waals surface area (Å²) in [5.41, 5.74) is 1.71. The number of benzene rings is 1. The van der Waals surface area contributed by atoms with Crippen molar-refractivity contribution in [2.24, 2.45) is 0 Å². The largest absolute Gasteiger partial charge is 0.360 e. The van der Waals surface area contributed by atoms with Crippen molar-refractivity contribution in [1.82, 2.24) is 9.88 Å². The molecule has 1 amide bonds. The molecule has 0 bridgehead atoms. The second kappa shape index (κ2) is 7.46. The number of thiocarbonyl (C=S) groups is 1. The van der Waals surface area contributed by atoms with E-state index in [1.807, 2.05) is 17.5 Å². The number of hydrogen-bond acceptors (Lipinski definition) is 6. The second-order valence-electron chi connectivity index (χ2n) is 6.23. The Bertz CT molecular complexity index is 1160. The minimum absolute atomic E-state index is 0.0732. The number of allylic oxidation sites excluding steroid dienone is 1. The van der Waals surface area contributed by atoms with Crippen molar-refractivity contribution >= 4 is 68.0 Å². The van der Waals surface area contributed by atoms with Gasteiger partial charge >= 0.3 is 0 Å². The number of rotatable bonds is 5. The summed E-state index contributed by atoms with van der Waals surface area (Å²) in [6, 6.07) is 9.03. The van der Waals surface area contributed by atoms with E-state index in [9.17, 15) is 14.4 Å². The Morgan fingerprint density at radius 2 is 2.11 bits per heavy atom. The van der Waals surface area contributed by atoms with Crippen LogP contribution in [0.5, 0.6) is 0 Å². The van der Waals surface area contributed by atoms with Crippen LogP contribution in [0.2, 0.25) is 0 Å². The van der Waals surface area contributed by atoms with Gasteiger partial charge in [-0.25, -0.2) is 0 Å². The fourth-order valence-electron chi connectivity index (χ4n) is 2.93. The zero-order valence-electron chi connectivity index (χ0n) is 14.7. The fourth-order valence-corrected chi connectivity index (χ4v) is 4.85. The van der Waals surface area contributed by atoms with Crippen LogP contribution in [-0.2, 0) is 11.3 Å². The predicted octanol–water partition coefficient (Wildman–Crippen LogP) is 4.56. The van der Waals surface area contributed by atoms with Gasteiger partial charge in [0.25, 0.3) is 5.91 Å². The van der Waals surface area contributed by atoms with Crippen molar-refractivity contribution in [1.29, 1.82) is 0 Å². The van der Waals surface area contributed by atoms with Gasteiger partial charge in [0, 0.05) is 39.2 Å². The zero-order valence-corrected chi connectivity index (χ0v) is 17.2. The average molecular weight is 427 g/mol. The second-order valence-corrected chi connectivity index (χ2v) is 8.94. The molecule has 28 heavy (non-hydrogen) atoms. The average Bonchev–Trinajstić information content (AvgIpc) is 3.38. The first kappa shape index (κ1) is 18.8. The Kier molecular flexibility index (Phi) is 5.01. The van der Waals surface area contributed by atoms with Gasteiger partial charge in [0.2, 0.25) is 0 Å². The number of thiophene rings is 1. The van der Waals surface area contributed by atoms with Gasteiger partial charge in [-0.3, -0.25) is 19.3 Å². The minimum Gasteiger partial charge on any atom is -0.360 e. The van der Waals surface area contributed by atoms with Gasteiger partial charge in [-0.1, -0.05) is 30.0 Å². The molecule has 0 radical (unpaired) electrons. The van der Waals surface area contributed by atoms with E-state index in [0.717, 1.165) is 22.2 Å². The summed E-state index contributed by atoms with van der Waals surface area (Å²) in [4.78, 5) is 43.0. The molecule has 0 spiro atoms. The van der Waals surface area contributed by atoms with Gasteiger partial charge in [-0.2, -0.15) is 0 Å².